The third-order valence-corrected chi connectivity index (χ3v) is 3.81. The van der Waals surface area contributed by atoms with E-state index in [0.29, 0.717) is 12.1 Å². The van der Waals surface area contributed by atoms with Gasteiger partial charge in [-0.15, -0.1) is 0 Å². The number of halogens is 2. The number of nitrogens with one attached hydrogen (secondary N) is 1. The van der Waals surface area contributed by atoms with Crippen LogP contribution in [-0.4, -0.2) is 19.3 Å². The van der Waals surface area contributed by atoms with Crippen molar-refractivity contribution in [3.05, 3.63) is 35.4 Å². The summed E-state index contributed by atoms with van der Waals surface area (Å²) in [4.78, 5) is 0. The molecule has 0 aromatic heterocycles. The maximum Gasteiger partial charge on any atom is 0.131 e. The Hall–Kier alpha value is -1.00. The Morgan fingerprint density at radius 1 is 1.39 bits per heavy atom. The van der Waals surface area contributed by atoms with E-state index in [-0.39, 0.29) is 11.6 Å². The number of rotatable bonds is 5. The Morgan fingerprint density at radius 2 is 2.11 bits per heavy atom. The zero-order valence-corrected chi connectivity index (χ0v) is 10.8. The van der Waals surface area contributed by atoms with Crippen LogP contribution in [0.1, 0.15) is 37.8 Å². The predicted molar refractivity (Wildman–Crippen MR) is 66.4 cm³/mol. The first-order chi connectivity index (χ1) is 8.63. The fourth-order valence-electron chi connectivity index (χ4n) is 2.65. The molecular formula is C14H19F2NO. The van der Waals surface area contributed by atoms with Crippen molar-refractivity contribution in [3.63, 3.8) is 0 Å². The maximum absolute atomic E-state index is 13.9. The molecule has 0 amide bonds. The molecule has 0 heterocycles. The fraction of sp³-hybridized carbons (Fsp3) is 0.571. The van der Waals surface area contributed by atoms with Crippen LogP contribution in [0.25, 0.3) is 0 Å². The van der Waals surface area contributed by atoms with Crippen molar-refractivity contribution in [2.75, 3.05) is 13.7 Å². The van der Waals surface area contributed by atoms with E-state index in [1.165, 1.54) is 12.1 Å². The van der Waals surface area contributed by atoms with Gasteiger partial charge in [-0.3, -0.25) is 0 Å². The van der Waals surface area contributed by atoms with Gasteiger partial charge in [0.05, 0.1) is 11.6 Å². The Bertz CT molecular complexity index is 413. The Morgan fingerprint density at radius 3 is 2.56 bits per heavy atom. The lowest BCUT2D eigenvalue weighted by atomic mass is 9.72. The third kappa shape index (κ3) is 2.27. The van der Waals surface area contributed by atoms with Gasteiger partial charge in [0.25, 0.3) is 0 Å². The van der Waals surface area contributed by atoms with Gasteiger partial charge in [-0.2, -0.15) is 0 Å². The van der Waals surface area contributed by atoms with Crippen molar-refractivity contribution >= 4 is 0 Å². The minimum Gasteiger partial charge on any atom is -0.376 e. The number of methoxy groups -OCH3 is 1. The summed E-state index contributed by atoms with van der Waals surface area (Å²) in [6, 6.07) is 3.52. The average molecular weight is 255 g/mol. The molecule has 0 radical (unpaired) electrons. The second-order valence-electron chi connectivity index (χ2n) is 4.78. The molecule has 1 aromatic carbocycles. The van der Waals surface area contributed by atoms with E-state index in [4.69, 9.17) is 4.74 Å². The van der Waals surface area contributed by atoms with E-state index >= 15 is 0 Å². The number of benzene rings is 1. The van der Waals surface area contributed by atoms with Gasteiger partial charge in [0.15, 0.2) is 0 Å². The molecule has 100 valence electrons. The van der Waals surface area contributed by atoms with Crippen LogP contribution in [0.4, 0.5) is 8.78 Å². The molecule has 0 spiro atoms. The lowest BCUT2D eigenvalue weighted by Crippen LogP contribution is -2.50. The van der Waals surface area contributed by atoms with Crippen LogP contribution < -0.4 is 5.32 Å². The second-order valence-corrected chi connectivity index (χ2v) is 4.78. The highest BCUT2D eigenvalue weighted by Crippen LogP contribution is 2.45. The summed E-state index contributed by atoms with van der Waals surface area (Å²) in [7, 11) is 1.66. The first kappa shape index (κ1) is 13.4. The monoisotopic (exact) mass is 255 g/mol. The number of likely N-dealkylation sites (N-methyl/N-ethyl adjacent to an activating group) is 1. The maximum atomic E-state index is 13.9. The zero-order chi connectivity index (χ0) is 13.2. The number of ether oxygens (including phenoxy) is 1. The van der Waals surface area contributed by atoms with Crippen LogP contribution in [-0.2, 0) is 4.74 Å². The van der Waals surface area contributed by atoms with Gasteiger partial charge in [0.1, 0.15) is 11.6 Å². The fourth-order valence-corrected chi connectivity index (χ4v) is 2.65. The molecule has 0 aliphatic heterocycles. The molecule has 2 nitrogen and oxygen atoms in total. The molecular weight excluding hydrogens is 236 g/mol. The third-order valence-electron chi connectivity index (χ3n) is 3.81. The molecule has 1 atom stereocenters. The van der Waals surface area contributed by atoms with Gasteiger partial charge >= 0.3 is 0 Å². The molecule has 1 aliphatic carbocycles. The lowest BCUT2D eigenvalue weighted by molar-refractivity contribution is -0.100. The molecule has 0 saturated heterocycles. The van der Waals surface area contributed by atoms with Crippen LogP contribution in [0, 0.1) is 11.6 Å². The van der Waals surface area contributed by atoms with E-state index in [9.17, 15) is 8.78 Å². The highest BCUT2D eigenvalue weighted by molar-refractivity contribution is 5.26. The summed E-state index contributed by atoms with van der Waals surface area (Å²) in [5.41, 5.74) is 0.133. The minimum absolute atomic E-state index is 0.221. The largest absolute Gasteiger partial charge is 0.376 e. The Labute approximate surface area is 106 Å². The number of hydrogen-bond acceptors (Lipinski definition) is 2. The number of hydrogen-bond donors (Lipinski definition) is 1. The molecule has 4 heteroatoms. The highest BCUT2D eigenvalue weighted by atomic mass is 19.1. The van der Waals surface area contributed by atoms with E-state index in [2.05, 4.69) is 5.32 Å². The Balaban J connectivity index is 2.34. The average Bonchev–Trinajstić information content (AvgIpc) is 2.27. The molecule has 1 aliphatic rings. The van der Waals surface area contributed by atoms with Crippen molar-refractivity contribution in [2.45, 2.75) is 37.8 Å². The predicted octanol–water partition coefficient (Wildman–Crippen LogP) is 3.18. The molecule has 1 unspecified atom stereocenters. The van der Waals surface area contributed by atoms with Crippen LogP contribution >= 0.6 is 0 Å². The lowest BCUT2D eigenvalue weighted by Gasteiger charge is -2.47. The molecule has 0 bridgehead atoms. The van der Waals surface area contributed by atoms with Crippen molar-refractivity contribution < 1.29 is 13.5 Å². The van der Waals surface area contributed by atoms with Gasteiger partial charge in [0, 0.05) is 18.7 Å². The summed E-state index contributed by atoms with van der Waals surface area (Å²) < 4.78 is 32.5. The SMILES string of the molecule is CCNC(c1ccc(F)cc1F)C1(OC)CCC1. The second kappa shape index (κ2) is 5.33. The molecule has 2 rings (SSSR count). The van der Waals surface area contributed by atoms with Crippen LogP contribution in [0.5, 0.6) is 0 Å². The van der Waals surface area contributed by atoms with Crippen LogP contribution in [0.3, 0.4) is 0 Å². The smallest absolute Gasteiger partial charge is 0.131 e. The van der Waals surface area contributed by atoms with Crippen molar-refractivity contribution in [3.8, 4) is 0 Å². The highest BCUT2D eigenvalue weighted by Gasteiger charge is 2.45. The van der Waals surface area contributed by atoms with E-state index in [0.717, 1.165) is 25.3 Å². The summed E-state index contributed by atoms with van der Waals surface area (Å²) in [5, 5.41) is 3.27. The first-order valence-electron chi connectivity index (χ1n) is 6.36. The summed E-state index contributed by atoms with van der Waals surface area (Å²) in [5.74, 6) is -1.06. The zero-order valence-electron chi connectivity index (χ0n) is 10.8. The summed E-state index contributed by atoms with van der Waals surface area (Å²) in [6.45, 7) is 2.68. The van der Waals surface area contributed by atoms with E-state index in [1.54, 1.807) is 7.11 Å². The normalized spacial score (nSPS) is 19.3. The Kier molecular flexibility index (Phi) is 3.97. The standard InChI is InChI=1S/C14H19F2NO/c1-3-17-13(14(18-2)7-4-8-14)11-6-5-10(15)9-12(11)16/h5-6,9,13,17H,3-4,7-8H2,1-2H3. The minimum atomic E-state index is -0.549. The topological polar surface area (TPSA) is 21.3 Å². The van der Waals surface area contributed by atoms with Gasteiger partial charge in [-0.1, -0.05) is 13.0 Å². The summed E-state index contributed by atoms with van der Waals surface area (Å²) in [6.07, 6.45) is 2.88. The van der Waals surface area contributed by atoms with E-state index < -0.39 is 11.6 Å². The van der Waals surface area contributed by atoms with Crippen molar-refractivity contribution in [2.24, 2.45) is 0 Å². The molecule has 1 aromatic rings. The molecule has 18 heavy (non-hydrogen) atoms. The van der Waals surface area contributed by atoms with Gasteiger partial charge in [-0.05, 0) is 31.9 Å². The van der Waals surface area contributed by atoms with Crippen molar-refractivity contribution in [1.82, 2.24) is 5.32 Å². The van der Waals surface area contributed by atoms with Crippen LogP contribution in [0.15, 0.2) is 18.2 Å². The quantitative estimate of drug-likeness (QED) is 0.872. The van der Waals surface area contributed by atoms with Crippen molar-refractivity contribution in [1.29, 1.82) is 0 Å². The summed E-state index contributed by atoms with van der Waals surface area (Å²) >= 11 is 0. The molecule has 1 saturated carbocycles. The van der Waals surface area contributed by atoms with Gasteiger partial charge in [-0.25, -0.2) is 8.78 Å². The first-order valence-corrected chi connectivity index (χ1v) is 6.36. The molecule has 1 fully saturated rings. The van der Waals surface area contributed by atoms with E-state index in [1.807, 2.05) is 6.92 Å². The molecule has 1 N–H and O–H groups in total. The van der Waals surface area contributed by atoms with Gasteiger partial charge < -0.3 is 10.1 Å². The van der Waals surface area contributed by atoms with Crippen LogP contribution in [0.2, 0.25) is 0 Å². The van der Waals surface area contributed by atoms with Gasteiger partial charge in [0.2, 0.25) is 0 Å².